The number of nitrogen functional groups attached to an aromatic ring is 1. The van der Waals surface area contributed by atoms with Gasteiger partial charge in [-0.2, -0.15) is 8.42 Å². The first-order valence-corrected chi connectivity index (χ1v) is 10.4. The van der Waals surface area contributed by atoms with Crippen LogP contribution in [0.25, 0.3) is 0 Å². The van der Waals surface area contributed by atoms with Gasteiger partial charge >= 0.3 is 0 Å². The number of aryl methyl sites for hydroxylation is 1. The molecule has 0 aromatic heterocycles. The highest BCUT2D eigenvalue weighted by Gasteiger charge is 2.36. The van der Waals surface area contributed by atoms with E-state index < -0.39 is 21.7 Å². The number of ketones is 2. The normalized spacial score (nSPS) is 13.0. The summed E-state index contributed by atoms with van der Waals surface area (Å²) in [6.07, 6.45) is 0. The molecule has 3 aromatic carbocycles. The van der Waals surface area contributed by atoms with Crippen molar-refractivity contribution in [2.75, 3.05) is 18.2 Å². The molecule has 7 nitrogen and oxygen atoms in total. The third-order valence-corrected chi connectivity index (χ3v) is 6.30. The molecule has 30 heavy (non-hydrogen) atoms. The molecular formula is C22H18N2O5S. The quantitative estimate of drug-likeness (QED) is 0.382. The number of hydrogen-bond acceptors (Lipinski definition) is 7. The molecule has 3 aromatic rings. The number of rotatable bonds is 4. The number of nitrogens with one attached hydrogen (secondary N) is 1. The molecule has 0 aliphatic heterocycles. The Bertz CT molecular complexity index is 1330. The Hall–Kier alpha value is -3.49. The van der Waals surface area contributed by atoms with Crippen LogP contribution >= 0.6 is 0 Å². The summed E-state index contributed by atoms with van der Waals surface area (Å²) in [5.74, 6) is -0.929. The number of hydrogen-bond donors (Lipinski definition) is 2. The van der Waals surface area contributed by atoms with Gasteiger partial charge in [0, 0.05) is 16.8 Å². The van der Waals surface area contributed by atoms with E-state index in [1.165, 1.54) is 12.1 Å². The second-order valence-corrected chi connectivity index (χ2v) is 8.59. The summed E-state index contributed by atoms with van der Waals surface area (Å²) in [7, 11) is -3.23. The lowest BCUT2D eigenvalue weighted by atomic mass is 9.82. The highest BCUT2D eigenvalue weighted by Crippen LogP contribution is 2.40. The fraction of sp³-hybridized carbons (Fsp3) is 0.0909. The van der Waals surface area contributed by atoms with Crippen molar-refractivity contribution in [1.29, 1.82) is 0 Å². The minimum Gasteiger partial charge on any atom is -0.397 e. The molecule has 0 amide bonds. The predicted molar refractivity (Wildman–Crippen MR) is 113 cm³/mol. The Morgan fingerprint density at radius 1 is 0.900 bits per heavy atom. The molecule has 0 spiro atoms. The van der Waals surface area contributed by atoms with Crippen molar-refractivity contribution < 1.29 is 22.2 Å². The predicted octanol–water partition coefficient (Wildman–Crippen LogP) is 3.43. The molecule has 0 atom stereocenters. The van der Waals surface area contributed by atoms with Crippen LogP contribution in [0.2, 0.25) is 0 Å². The molecule has 0 fully saturated rings. The van der Waals surface area contributed by atoms with E-state index in [1.807, 2.05) is 25.1 Å². The number of anilines is 3. The summed E-state index contributed by atoms with van der Waals surface area (Å²) >= 11 is 0. The molecule has 3 N–H and O–H groups in total. The van der Waals surface area contributed by atoms with Crippen LogP contribution in [0.3, 0.4) is 0 Å². The molecule has 0 saturated heterocycles. The number of carbonyl (C=O) groups is 2. The average molecular weight is 422 g/mol. The second kappa shape index (κ2) is 7.08. The molecule has 0 unspecified atom stereocenters. The molecule has 1 aliphatic carbocycles. The van der Waals surface area contributed by atoms with Gasteiger partial charge in [0.25, 0.3) is 10.1 Å². The lowest BCUT2D eigenvalue weighted by Crippen LogP contribution is -2.25. The zero-order chi connectivity index (χ0) is 21.6. The Morgan fingerprint density at radius 3 is 2.13 bits per heavy atom. The van der Waals surface area contributed by atoms with Crippen molar-refractivity contribution in [3.63, 3.8) is 0 Å². The number of carbonyl (C=O) groups excluding carboxylic acids is 2. The van der Waals surface area contributed by atoms with Crippen LogP contribution < -0.4 is 11.1 Å². The lowest BCUT2D eigenvalue weighted by Gasteiger charge is -2.24. The summed E-state index contributed by atoms with van der Waals surface area (Å²) in [6, 6.07) is 14.9. The van der Waals surface area contributed by atoms with E-state index in [0.717, 1.165) is 12.7 Å². The molecule has 4 rings (SSSR count). The average Bonchev–Trinajstić information content (AvgIpc) is 2.73. The Kier molecular flexibility index (Phi) is 4.68. The molecule has 0 radical (unpaired) electrons. The molecule has 8 heteroatoms. The van der Waals surface area contributed by atoms with Crippen molar-refractivity contribution in [3.05, 3.63) is 82.4 Å². The number of nitrogens with two attached hydrogens (primary N) is 1. The Labute approximate surface area is 173 Å². The number of benzene rings is 3. The van der Waals surface area contributed by atoms with Gasteiger partial charge in [-0.05, 0) is 30.7 Å². The minimum absolute atomic E-state index is 0.0350. The molecule has 152 valence electrons. The summed E-state index contributed by atoms with van der Waals surface area (Å²) in [4.78, 5) is 26.1. The largest absolute Gasteiger partial charge is 0.397 e. The summed E-state index contributed by atoms with van der Waals surface area (Å²) in [6.45, 7) is 1.90. The van der Waals surface area contributed by atoms with Gasteiger partial charge in [0.15, 0.2) is 11.6 Å². The fourth-order valence-corrected chi connectivity index (χ4v) is 4.38. The standard InChI is InChI=1S/C22H18N2O5S/c1-12-6-5-7-13(10-12)24-16-11-17(30(27,28)29-2)20(23)19-18(16)21(25)14-8-3-4-9-15(14)22(19)26/h3-11,24H,23H2,1-2H3. The van der Waals surface area contributed by atoms with Crippen LogP contribution in [0.15, 0.2) is 59.5 Å². The van der Waals surface area contributed by atoms with E-state index in [4.69, 9.17) is 5.73 Å². The van der Waals surface area contributed by atoms with Crippen LogP contribution in [-0.2, 0) is 14.3 Å². The fourth-order valence-electron chi connectivity index (χ4n) is 3.57. The van der Waals surface area contributed by atoms with E-state index in [0.29, 0.717) is 5.69 Å². The van der Waals surface area contributed by atoms with E-state index in [-0.39, 0.29) is 38.5 Å². The third-order valence-electron chi connectivity index (χ3n) is 4.99. The molecule has 0 heterocycles. The summed E-state index contributed by atoms with van der Waals surface area (Å²) in [5, 5.41) is 3.07. The van der Waals surface area contributed by atoms with Crippen molar-refractivity contribution in [3.8, 4) is 0 Å². The lowest BCUT2D eigenvalue weighted by molar-refractivity contribution is 0.0980. The molecule has 0 saturated carbocycles. The van der Waals surface area contributed by atoms with Gasteiger partial charge in [0.2, 0.25) is 0 Å². The van der Waals surface area contributed by atoms with Crippen LogP contribution in [-0.4, -0.2) is 27.1 Å². The summed E-state index contributed by atoms with van der Waals surface area (Å²) < 4.78 is 29.6. The monoisotopic (exact) mass is 422 g/mol. The van der Waals surface area contributed by atoms with Crippen molar-refractivity contribution in [2.24, 2.45) is 0 Å². The first kappa shape index (κ1) is 19.8. The maximum absolute atomic E-state index is 13.3. The van der Waals surface area contributed by atoms with Gasteiger partial charge in [-0.3, -0.25) is 13.8 Å². The van der Waals surface area contributed by atoms with E-state index in [2.05, 4.69) is 9.50 Å². The van der Waals surface area contributed by atoms with Gasteiger partial charge in [0.1, 0.15) is 4.90 Å². The summed E-state index contributed by atoms with van der Waals surface area (Å²) in [5.41, 5.74) is 7.84. The van der Waals surface area contributed by atoms with Gasteiger partial charge in [-0.15, -0.1) is 0 Å². The zero-order valence-electron chi connectivity index (χ0n) is 16.2. The van der Waals surface area contributed by atoms with Gasteiger partial charge < -0.3 is 11.1 Å². The van der Waals surface area contributed by atoms with Crippen LogP contribution in [0.1, 0.15) is 37.4 Å². The highest BCUT2D eigenvalue weighted by molar-refractivity contribution is 7.87. The minimum atomic E-state index is -4.23. The van der Waals surface area contributed by atoms with Gasteiger partial charge in [-0.25, -0.2) is 0 Å². The van der Waals surface area contributed by atoms with E-state index in [9.17, 15) is 18.0 Å². The smallest absolute Gasteiger partial charge is 0.298 e. The maximum Gasteiger partial charge on any atom is 0.298 e. The molecule has 1 aliphatic rings. The topological polar surface area (TPSA) is 116 Å². The first-order valence-electron chi connectivity index (χ1n) is 9.04. The van der Waals surface area contributed by atoms with Crippen LogP contribution in [0.5, 0.6) is 0 Å². The van der Waals surface area contributed by atoms with E-state index in [1.54, 1.807) is 24.3 Å². The second-order valence-electron chi connectivity index (χ2n) is 6.91. The number of fused-ring (bicyclic) bond motifs is 2. The van der Waals surface area contributed by atoms with E-state index >= 15 is 0 Å². The van der Waals surface area contributed by atoms with Crippen molar-refractivity contribution in [1.82, 2.24) is 0 Å². The zero-order valence-corrected chi connectivity index (χ0v) is 17.0. The first-order chi connectivity index (χ1) is 14.2. The molecule has 0 bridgehead atoms. The Morgan fingerprint density at radius 2 is 1.53 bits per heavy atom. The third kappa shape index (κ3) is 3.06. The van der Waals surface area contributed by atoms with Gasteiger partial charge in [-0.1, -0.05) is 36.4 Å². The van der Waals surface area contributed by atoms with Crippen LogP contribution in [0.4, 0.5) is 17.1 Å². The van der Waals surface area contributed by atoms with Crippen molar-refractivity contribution >= 4 is 38.7 Å². The maximum atomic E-state index is 13.3. The SMILES string of the molecule is COS(=O)(=O)c1cc(Nc2cccc(C)c2)c2c(c1N)C(=O)c1ccccc1C2=O. The highest BCUT2D eigenvalue weighted by atomic mass is 32.2. The van der Waals surface area contributed by atoms with Crippen molar-refractivity contribution in [2.45, 2.75) is 11.8 Å². The molecular weight excluding hydrogens is 404 g/mol. The van der Waals surface area contributed by atoms with Crippen LogP contribution in [0, 0.1) is 6.92 Å². The Balaban J connectivity index is 2.04. The van der Waals surface area contributed by atoms with Gasteiger partial charge in [0.05, 0.1) is 29.6 Å².